The molecule has 0 atom stereocenters. The van der Waals surface area contributed by atoms with Gasteiger partial charge in [0.15, 0.2) is 15.6 Å². The summed E-state index contributed by atoms with van der Waals surface area (Å²) in [6, 6.07) is 11.1. The van der Waals surface area contributed by atoms with Gasteiger partial charge in [-0.05, 0) is 35.9 Å². The van der Waals surface area contributed by atoms with E-state index in [1.54, 1.807) is 0 Å². The summed E-state index contributed by atoms with van der Waals surface area (Å²) in [5, 5.41) is -0.396. The van der Waals surface area contributed by atoms with Crippen molar-refractivity contribution in [3.8, 4) is 17.1 Å². The van der Waals surface area contributed by atoms with Crippen LogP contribution in [-0.4, -0.2) is 37.2 Å². The Morgan fingerprint density at radius 2 is 1.76 bits per heavy atom. The summed E-state index contributed by atoms with van der Waals surface area (Å²) in [6.07, 6.45) is 0. The van der Waals surface area contributed by atoms with E-state index >= 15 is 0 Å². The van der Waals surface area contributed by atoms with Gasteiger partial charge in [0, 0.05) is 11.1 Å². The molecule has 0 saturated carbocycles. The van der Waals surface area contributed by atoms with E-state index < -0.39 is 32.6 Å². The monoisotopic (exact) mass is 442 g/mol. The minimum atomic E-state index is -3.85. The van der Waals surface area contributed by atoms with Gasteiger partial charge in [-0.3, -0.25) is 4.79 Å². The molecule has 0 saturated heterocycles. The van der Waals surface area contributed by atoms with E-state index in [1.165, 1.54) is 55.6 Å². The summed E-state index contributed by atoms with van der Waals surface area (Å²) in [4.78, 5) is 15.8. The van der Waals surface area contributed by atoms with Crippen molar-refractivity contribution in [2.24, 2.45) is 0 Å². The number of alkyl halides is 3. The maximum atomic E-state index is 13.0. The van der Waals surface area contributed by atoms with Gasteiger partial charge in [-0.15, -0.1) is 0 Å². The van der Waals surface area contributed by atoms with Crippen LogP contribution in [0, 0.1) is 0 Å². The number of rotatable bonds is 7. The van der Waals surface area contributed by atoms with Crippen molar-refractivity contribution in [2.75, 3.05) is 12.9 Å². The number of aromatic nitrogens is 2. The average molecular weight is 443 g/mol. The SMILES string of the molecule is COc1ccc(S(=O)(=O)CC(=O)c2ccc(-c3noc(C(F)(F)Cl)n3)cc2)cc1. The van der Waals surface area contributed by atoms with Crippen molar-refractivity contribution in [3.63, 3.8) is 0 Å². The predicted molar refractivity (Wildman–Crippen MR) is 98.9 cm³/mol. The third-order valence-electron chi connectivity index (χ3n) is 3.87. The highest BCUT2D eigenvalue weighted by Crippen LogP contribution is 2.32. The highest BCUT2D eigenvalue weighted by atomic mass is 35.5. The predicted octanol–water partition coefficient (Wildman–Crippen LogP) is 3.69. The lowest BCUT2D eigenvalue weighted by atomic mass is 10.1. The van der Waals surface area contributed by atoms with Crippen molar-refractivity contribution in [1.82, 2.24) is 10.1 Å². The molecule has 0 bridgehead atoms. The van der Waals surface area contributed by atoms with Crippen LogP contribution in [-0.2, 0) is 15.2 Å². The molecule has 0 radical (unpaired) electrons. The number of ether oxygens (including phenoxy) is 1. The Balaban J connectivity index is 1.75. The van der Waals surface area contributed by atoms with Gasteiger partial charge in [0.2, 0.25) is 5.82 Å². The van der Waals surface area contributed by atoms with Crippen LogP contribution in [0.1, 0.15) is 16.2 Å². The van der Waals surface area contributed by atoms with Gasteiger partial charge in [0.05, 0.1) is 12.0 Å². The molecule has 0 spiro atoms. The molecule has 3 rings (SSSR count). The van der Waals surface area contributed by atoms with E-state index in [0.717, 1.165) is 0 Å². The van der Waals surface area contributed by atoms with E-state index in [1.807, 2.05) is 0 Å². The van der Waals surface area contributed by atoms with Gasteiger partial charge in [-0.2, -0.15) is 13.8 Å². The number of benzene rings is 2. The van der Waals surface area contributed by atoms with Crippen LogP contribution in [0.15, 0.2) is 57.9 Å². The molecule has 0 aliphatic carbocycles. The summed E-state index contributed by atoms with van der Waals surface area (Å²) in [5.74, 6) is -2.08. The van der Waals surface area contributed by atoms with Crippen LogP contribution >= 0.6 is 11.6 Å². The van der Waals surface area contributed by atoms with Gasteiger partial charge in [-0.25, -0.2) is 8.42 Å². The maximum absolute atomic E-state index is 13.0. The molecular formula is C18H13ClF2N2O5S. The molecule has 11 heteroatoms. The molecule has 7 nitrogen and oxygen atoms in total. The molecule has 152 valence electrons. The molecule has 0 unspecified atom stereocenters. The number of nitrogens with zero attached hydrogens (tertiary/aromatic N) is 2. The second kappa shape index (κ2) is 7.88. The van der Waals surface area contributed by atoms with E-state index in [2.05, 4.69) is 14.7 Å². The van der Waals surface area contributed by atoms with Crippen LogP contribution in [0.3, 0.4) is 0 Å². The van der Waals surface area contributed by atoms with Crippen LogP contribution in [0.5, 0.6) is 5.75 Å². The number of methoxy groups -OCH3 is 1. The first kappa shape index (κ1) is 20.9. The minimum Gasteiger partial charge on any atom is -0.497 e. The van der Waals surface area contributed by atoms with Crippen LogP contribution in [0.25, 0.3) is 11.4 Å². The molecule has 0 N–H and O–H groups in total. The van der Waals surface area contributed by atoms with Gasteiger partial charge in [0.25, 0.3) is 0 Å². The number of ketones is 1. The Labute approximate surface area is 169 Å². The fourth-order valence-corrected chi connectivity index (χ4v) is 3.69. The Morgan fingerprint density at radius 1 is 1.14 bits per heavy atom. The van der Waals surface area contributed by atoms with Crippen molar-refractivity contribution in [2.45, 2.75) is 10.3 Å². The van der Waals surface area contributed by atoms with E-state index in [9.17, 15) is 22.0 Å². The molecule has 3 aromatic rings. The zero-order chi connectivity index (χ0) is 21.2. The zero-order valence-electron chi connectivity index (χ0n) is 14.8. The lowest BCUT2D eigenvalue weighted by Gasteiger charge is -2.06. The van der Waals surface area contributed by atoms with Gasteiger partial charge < -0.3 is 9.26 Å². The number of sulfone groups is 1. The topological polar surface area (TPSA) is 99.4 Å². The Bertz CT molecular complexity index is 1120. The first-order chi connectivity index (χ1) is 13.6. The van der Waals surface area contributed by atoms with Crippen LogP contribution < -0.4 is 4.74 Å². The van der Waals surface area contributed by atoms with E-state index in [4.69, 9.17) is 16.3 Å². The number of halogens is 3. The molecule has 1 heterocycles. The number of hydrogen-bond acceptors (Lipinski definition) is 7. The Kier molecular flexibility index (Phi) is 5.67. The van der Waals surface area contributed by atoms with Gasteiger partial charge in [0.1, 0.15) is 11.5 Å². The summed E-state index contributed by atoms with van der Waals surface area (Å²) in [5.41, 5.74) is 0.410. The highest BCUT2D eigenvalue weighted by Gasteiger charge is 2.35. The Morgan fingerprint density at radius 3 is 2.28 bits per heavy atom. The average Bonchev–Trinajstić information content (AvgIpc) is 3.18. The molecule has 0 aliphatic rings. The summed E-state index contributed by atoms with van der Waals surface area (Å²) in [6.45, 7) is 0. The molecule has 1 aromatic heterocycles. The summed E-state index contributed by atoms with van der Waals surface area (Å²) >= 11 is 4.82. The van der Waals surface area contributed by atoms with E-state index in [-0.39, 0.29) is 21.8 Å². The number of carbonyl (C=O) groups excluding carboxylic acids is 1. The number of hydrogen-bond donors (Lipinski definition) is 0. The number of Topliss-reactive ketones (excluding diaryl/α,β-unsaturated/α-hetero) is 1. The van der Waals surface area contributed by atoms with Crippen molar-refractivity contribution in [3.05, 3.63) is 60.0 Å². The first-order valence-electron chi connectivity index (χ1n) is 8.01. The fourth-order valence-electron chi connectivity index (χ4n) is 2.38. The van der Waals surface area contributed by atoms with E-state index in [0.29, 0.717) is 5.75 Å². The molecular weight excluding hydrogens is 430 g/mol. The lowest BCUT2D eigenvalue weighted by Crippen LogP contribution is -2.16. The van der Waals surface area contributed by atoms with Gasteiger partial charge >= 0.3 is 11.3 Å². The molecule has 29 heavy (non-hydrogen) atoms. The van der Waals surface area contributed by atoms with Gasteiger partial charge in [-0.1, -0.05) is 29.4 Å². The third kappa shape index (κ3) is 4.77. The fraction of sp³-hybridized carbons (Fsp3) is 0.167. The molecule has 0 fully saturated rings. The standard InChI is InChI=1S/C18H13ClF2N2O5S/c1-27-13-6-8-14(9-7-13)29(25,26)10-15(24)11-2-4-12(5-3-11)16-22-17(28-23-16)18(19,20)21/h2-9H,10H2,1H3. The smallest absolute Gasteiger partial charge is 0.400 e. The highest BCUT2D eigenvalue weighted by molar-refractivity contribution is 7.92. The molecule has 2 aromatic carbocycles. The lowest BCUT2D eigenvalue weighted by molar-refractivity contribution is 0.0551. The third-order valence-corrected chi connectivity index (χ3v) is 5.67. The normalized spacial score (nSPS) is 12.0. The quantitative estimate of drug-likeness (QED) is 0.406. The zero-order valence-corrected chi connectivity index (χ0v) is 16.4. The minimum absolute atomic E-state index is 0.00963. The second-order valence-corrected chi connectivity index (χ2v) is 8.32. The second-order valence-electron chi connectivity index (χ2n) is 5.86. The summed E-state index contributed by atoms with van der Waals surface area (Å²) < 4.78 is 60.1. The summed E-state index contributed by atoms with van der Waals surface area (Å²) in [7, 11) is -2.40. The first-order valence-corrected chi connectivity index (χ1v) is 10.0. The van der Waals surface area contributed by atoms with Crippen molar-refractivity contribution in [1.29, 1.82) is 0 Å². The molecule has 0 amide bonds. The van der Waals surface area contributed by atoms with Crippen LogP contribution in [0.4, 0.5) is 8.78 Å². The largest absolute Gasteiger partial charge is 0.497 e. The molecule has 0 aliphatic heterocycles. The van der Waals surface area contributed by atoms with Crippen molar-refractivity contribution >= 4 is 27.2 Å². The van der Waals surface area contributed by atoms with Crippen molar-refractivity contribution < 1.29 is 31.3 Å². The number of carbonyl (C=O) groups is 1. The Hall–Kier alpha value is -2.85. The van der Waals surface area contributed by atoms with Crippen LogP contribution in [0.2, 0.25) is 0 Å². The maximum Gasteiger partial charge on any atom is 0.400 e.